The van der Waals surface area contributed by atoms with Gasteiger partial charge in [-0.15, -0.1) is 0 Å². The van der Waals surface area contributed by atoms with Crippen LogP contribution < -0.4 is 9.47 Å². The zero-order chi connectivity index (χ0) is 34.3. The quantitative estimate of drug-likeness (QED) is 0.0197. The Balaban J connectivity index is 1.28. The maximum atomic E-state index is 13.5. The fraction of sp³-hybridized carbons (Fsp3) is 0.552. The summed E-state index contributed by atoms with van der Waals surface area (Å²) in [6.45, 7) is 4.22. The van der Waals surface area contributed by atoms with Gasteiger partial charge in [-0.05, 0) is 12.1 Å². The van der Waals surface area contributed by atoms with Gasteiger partial charge in [0, 0.05) is 12.1 Å². The fourth-order valence-corrected chi connectivity index (χ4v) is 3.30. The van der Waals surface area contributed by atoms with Crippen LogP contribution >= 0.6 is 0 Å². The number of carbonyl (C=O) groups is 1. The molecular weight excluding hydrogens is 649 g/mol. The molecule has 0 radical (unpaired) electrons. The summed E-state index contributed by atoms with van der Waals surface area (Å²) in [6.07, 6.45) is -0.495. The smallest absolute Gasteiger partial charge is 0.313 e. The van der Waals surface area contributed by atoms with Gasteiger partial charge in [-0.3, -0.25) is 14.9 Å². The van der Waals surface area contributed by atoms with Gasteiger partial charge in [0.2, 0.25) is 34.8 Å². The first-order chi connectivity index (χ1) is 22.7. The van der Waals surface area contributed by atoms with Crippen molar-refractivity contribution in [1.82, 2.24) is 0 Å². The number of nitro groups is 1. The van der Waals surface area contributed by atoms with Crippen LogP contribution in [0.25, 0.3) is 0 Å². The van der Waals surface area contributed by atoms with Crippen LogP contribution in [-0.2, 0) is 38.0 Å². The molecule has 0 spiro atoms. The number of rotatable bonds is 27. The van der Waals surface area contributed by atoms with E-state index in [1.807, 2.05) is 0 Å². The molecule has 13 nitrogen and oxygen atoms in total. The molecule has 0 heterocycles. The number of benzene rings is 2. The van der Waals surface area contributed by atoms with Gasteiger partial charge in [-0.2, -0.15) is 8.78 Å². The van der Waals surface area contributed by atoms with Crippen LogP contribution in [0.3, 0.4) is 0 Å². The number of hydrogen-bond donors (Lipinski definition) is 0. The second-order valence-corrected chi connectivity index (χ2v) is 9.01. The number of non-ortho nitro benzene ring substituents is 1. The lowest BCUT2D eigenvalue weighted by Gasteiger charge is -2.09. The fourth-order valence-electron chi connectivity index (χ4n) is 3.30. The average molecular weight is 686 g/mol. The van der Waals surface area contributed by atoms with E-state index in [2.05, 4.69) is 4.74 Å². The van der Waals surface area contributed by atoms with E-state index in [0.717, 1.165) is 0 Å². The number of nitro benzene ring substituents is 1. The van der Waals surface area contributed by atoms with E-state index in [1.165, 1.54) is 24.3 Å². The van der Waals surface area contributed by atoms with Crippen LogP contribution in [0.2, 0.25) is 0 Å². The molecule has 264 valence electrons. The Morgan fingerprint density at radius 2 is 0.872 bits per heavy atom. The first-order valence-corrected chi connectivity index (χ1v) is 14.4. The molecule has 0 bridgehead atoms. The average Bonchev–Trinajstić information content (AvgIpc) is 3.07. The van der Waals surface area contributed by atoms with Gasteiger partial charge in [0.1, 0.15) is 12.4 Å². The van der Waals surface area contributed by atoms with Crippen LogP contribution in [-0.4, -0.2) is 110 Å². The molecule has 0 atom stereocenters. The summed E-state index contributed by atoms with van der Waals surface area (Å²) >= 11 is 0. The van der Waals surface area contributed by atoms with E-state index < -0.39 is 52.1 Å². The Kier molecular flexibility index (Phi) is 20.0. The van der Waals surface area contributed by atoms with E-state index in [0.29, 0.717) is 78.4 Å². The zero-order valence-corrected chi connectivity index (χ0v) is 25.4. The van der Waals surface area contributed by atoms with Crippen molar-refractivity contribution in [3.8, 4) is 11.5 Å². The van der Waals surface area contributed by atoms with Crippen molar-refractivity contribution in [2.24, 2.45) is 0 Å². The highest BCUT2D eigenvalue weighted by Gasteiger charge is 2.28. The number of halogens is 5. The van der Waals surface area contributed by atoms with E-state index in [-0.39, 0.29) is 32.1 Å². The molecule has 0 aromatic heterocycles. The van der Waals surface area contributed by atoms with Crippen LogP contribution in [0.1, 0.15) is 6.42 Å². The Morgan fingerprint density at radius 3 is 1.26 bits per heavy atom. The minimum absolute atomic E-state index is 0.00392. The molecule has 2 aromatic rings. The van der Waals surface area contributed by atoms with Crippen molar-refractivity contribution in [3.63, 3.8) is 0 Å². The standard InChI is InChI=1S/C29H36F5NO12/c30-24-25(31)27(33)29(28(34)26(24)32)47-23(36)5-6-39-7-8-40-9-10-41-11-12-42-13-14-43-15-16-44-17-18-45-19-20-46-22-3-1-21(2-4-22)35(37)38/h1-4H,5-20H2. The number of hydrogen-bond acceptors (Lipinski definition) is 12. The largest absolute Gasteiger partial charge is 0.491 e. The van der Waals surface area contributed by atoms with E-state index >= 15 is 0 Å². The van der Waals surface area contributed by atoms with Gasteiger partial charge in [0.05, 0.1) is 104 Å². The Labute approximate surface area is 266 Å². The van der Waals surface area contributed by atoms with Crippen molar-refractivity contribution >= 4 is 11.7 Å². The molecule has 0 aliphatic heterocycles. The molecule has 2 rings (SSSR count). The lowest BCUT2D eigenvalue weighted by atomic mass is 10.2. The molecule has 2 aromatic carbocycles. The van der Waals surface area contributed by atoms with Gasteiger partial charge < -0.3 is 42.6 Å². The zero-order valence-electron chi connectivity index (χ0n) is 25.4. The van der Waals surface area contributed by atoms with Gasteiger partial charge in [-0.25, -0.2) is 13.2 Å². The molecule has 0 fully saturated rings. The molecule has 0 amide bonds. The molecule has 18 heteroatoms. The predicted octanol–water partition coefficient (Wildman–Crippen LogP) is 3.78. The number of ether oxygens (including phenoxy) is 9. The minimum atomic E-state index is -2.35. The lowest BCUT2D eigenvalue weighted by Crippen LogP contribution is -2.16. The number of carbonyl (C=O) groups excluding carboxylic acids is 1. The summed E-state index contributed by atoms with van der Waals surface area (Å²) in [4.78, 5) is 21.8. The normalized spacial score (nSPS) is 11.2. The maximum Gasteiger partial charge on any atom is 0.313 e. The molecule has 0 N–H and O–H groups in total. The van der Waals surface area contributed by atoms with Crippen molar-refractivity contribution in [3.05, 3.63) is 63.5 Å². The molecule has 0 saturated heterocycles. The monoisotopic (exact) mass is 685 g/mol. The number of esters is 1. The van der Waals surface area contributed by atoms with Gasteiger partial charge >= 0.3 is 5.97 Å². The van der Waals surface area contributed by atoms with E-state index in [4.69, 9.17) is 37.9 Å². The molecular formula is C29H36F5NO12. The Bertz CT molecular complexity index is 1180. The summed E-state index contributed by atoms with van der Waals surface area (Å²) in [6, 6.07) is 5.78. The lowest BCUT2D eigenvalue weighted by molar-refractivity contribution is -0.384. The van der Waals surface area contributed by atoms with Crippen molar-refractivity contribution in [2.45, 2.75) is 6.42 Å². The molecule has 0 saturated carbocycles. The first kappa shape index (κ1) is 39.7. The highest BCUT2D eigenvalue weighted by Crippen LogP contribution is 2.29. The third kappa shape index (κ3) is 16.2. The molecule has 0 unspecified atom stereocenters. The number of nitrogens with zero attached hydrogens (tertiary/aromatic N) is 1. The van der Waals surface area contributed by atoms with Crippen LogP contribution in [0.5, 0.6) is 11.5 Å². The maximum absolute atomic E-state index is 13.5. The third-order valence-electron chi connectivity index (χ3n) is 5.61. The van der Waals surface area contributed by atoms with Gasteiger partial charge in [0.15, 0.2) is 0 Å². The Morgan fingerprint density at radius 1 is 0.532 bits per heavy atom. The van der Waals surface area contributed by atoms with Crippen LogP contribution in [0, 0.1) is 39.2 Å². The summed E-state index contributed by atoms with van der Waals surface area (Å²) in [5.41, 5.74) is -0.00392. The summed E-state index contributed by atoms with van der Waals surface area (Å²) in [5, 5.41) is 10.6. The SMILES string of the molecule is O=C(CCOCCOCCOCCOCCOCCOCCOCCOc1ccc([N+](=O)[O-])cc1)Oc1c(F)c(F)c(F)c(F)c1F. The van der Waals surface area contributed by atoms with Crippen LogP contribution in [0.4, 0.5) is 27.6 Å². The predicted molar refractivity (Wildman–Crippen MR) is 151 cm³/mol. The summed E-state index contributed by atoms with van der Waals surface area (Å²) in [5.74, 6) is -13.7. The Hall–Kier alpha value is -3.52. The molecule has 47 heavy (non-hydrogen) atoms. The molecule has 0 aliphatic rings. The summed E-state index contributed by atoms with van der Waals surface area (Å²) < 4.78 is 113. The second-order valence-electron chi connectivity index (χ2n) is 9.01. The topological polar surface area (TPSA) is 143 Å². The van der Waals surface area contributed by atoms with E-state index in [1.54, 1.807) is 0 Å². The van der Waals surface area contributed by atoms with Crippen molar-refractivity contribution in [1.29, 1.82) is 0 Å². The van der Waals surface area contributed by atoms with E-state index in [9.17, 15) is 36.9 Å². The summed E-state index contributed by atoms with van der Waals surface area (Å²) in [7, 11) is 0. The first-order valence-electron chi connectivity index (χ1n) is 14.4. The highest BCUT2D eigenvalue weighted by atomic mass is 19.2. The van der Waals surface area contributed by atoms with Gasteiger partial charge in [-0.1, -0.05) is 0 Å². The van der Waals surface area contributed by atoms with Gasteiger partial charge in [0.25, 0.3) is 5.69 Å². The van der Waals surface area contributed by atoms with Crippen LogP contribution in [0.15, 0.2) is 24.3 Å². The third-order valence-corrected chi connectivity index (χ3v) is 5.61. The second kappa shape index (κ2) is 23.7. The van der Waals surface area contributed by atoms with Crippen molar-refractivity contribution < 1.29 is 74.3 Å². The molecule has 0 aliphatic carbocycles. The van der Waals surface area contributed by atoms with Crippen molar-refractivity contribution in [2.75, 3.05) is 99.1 Å². The highest BCUT2D eigenvalue weighted by molar-refractivity contribution is 5.72. The minimum Gasteiger partial charge on any atom is -0.491 e.